The van der Waals surface area contributed by atoms with Crippen molar-refractivity contribution < 1.29 is 0 Å². The fourth-order valence-corrected chi connectivity index (χ4v) is 4.61. The number of anilines is 3. The highest BCUT2D eigenvalue weighted by Gasteiger charge is 2.15. The van der Waals surface area contributed by atoms with Gasteiger partial charge in [0.15, 0.2) is 0 Å². The van der Waals surface area contributed by atoms with Gasteiger partial charge in [-0.25, -0.2) is 0 Å². The van der Waals surface area contributed by atoms with E-state index < -0.39 is 0 Å². The maximum absolute atomic E-state index is 6.90. The lowest BCUT2D eigenvalue weighted by molar-refractivity contribution is 1.28. The Hall–Kier alpha value is -3.49. The maximum Gasteiger partial charge on any atom is 0.0499 e. The fraction of sp³-hybridized carbons (Fsp3) is 0. The number of rotatable bonds is 6. The van der Waals surface area contributed by atoms with Crippen LogP contribution in [-0.2, 0) is 0 Å². The fourth-order valence-electron chi connectivity index (χ4n) is 4.12. The lowest BCUT2D eigenvalue weighted by Gasteiger charge is -2.26. The molecule has 0 radical (unpaired) electrons. The molecule has 0 amide bonds. The first kappa shape index (κ1) is 24.2. The van der Waals surface area contributed by atoms with Crippen LogP contribution in [0.2, 0.25) is 15.1 Å². The Labute approximate surface area is 226 Å². The monoisotopic (exact) mass is 525 g/mol. The van der Waals surface area contributed by atoms with E-state index in [1.54, 1.807) is 0 Å². The van der Waals surface area contributed by atoms with Crippen LogP contribution in [0.25, 0.3) is 11.6 Å². The van der Waals surface area contributed by atoms with Crippen molar-refractivity contribution in [3.8, 4) is 0 Å². The smallest absolute Gasteiger partial charge is 0.0499 e. The van der Waals surface area contributed by atoms with E-state index in [0.29, 0.717) is 15.1 Å². The molecular formula is C32H22Cl3N. The topological polar surface area (TPSA) is 3.24 Å². The van der Waals surface area contributed by atoms with Crippen LogP contribution in [0.5, 0.6) is 0 Å². The molecule has 176 valence electrons. The molecule has 0 aliphatic heterocycles. The number of hydrogen-bond donors (Lipinski definition) is 0. The Bertz CT molecular complexity index is 1390. The summed E-state index contributed by atoms with van der Waals surface area (Å²) in [7, 11) is 0. The van der Waals surface area contributed by atoms with Crippen LogP contribution >= 0.6 is 34.8 Å². The SMILES string of the molecule is Clc1ccc(N(c2ccc(Cl)cc2)c2ccc(C=C(c3ccccc3)c3ccccc3)c(Cl)c2)cc1. The van der Waals surface area contributed by atoms with Crippen LogP contribution < -0.4 is 4.90 Å². The minimum Gasteiger partial charge on any atom is -0.310 e. The van der Waals surface area contributed by atoms with Crippen molar-refractivity contribution in [3.05, 3.63) is 159 Å². The van der Waals surface area contributed by atoms with Gasteiger partial charge in [-0.1, -0.05) is 102 Å². The number of hydrogen-bond acceptors (Lipinski definition) is 1. The van der Waals surface area contributed by atoms with Gasteiger partial charge in [0, 0.05) is 32.1 Å². The molecule has 36 heavy (non-hydrogen) atoms. The lowest BCUT2D eigenvalue weighted by Crippen LogP contribution is -2.09. The zero-order valence-electron chi connectivity index (χ0n) is 19.3. The summed E-state index contributed by atoms with van der Waals surface area (Å²) >= 11 is 19.2. The maximum atomic E-state index is 6.90. The first-order chi connectivity index (χ1) is 17.6. The van der Waals surface area contributed by atoms with E-state index in [1.165, 1.54) is 0 Å². The molecule has 0 aromatic heterocycles. The highest BCUT2D eigenvalue weighted by atomic mass is 35.5. The van der Waals surface area contributed by atoms with Gasteiger partial charge in [-0.3, -0.25) is 0 Å². The van der Waals surface area contributed by atoms with Crippen molar-refractivity contribution >= 4 is 63.5 Å². The molecule has 0 heterocycles. The molecule has 0 spiro atoms. The Morgan fingerprint density at radius 3 is 1.39 bits per heavy atom. The second-order valence-corrected chi connectivity index (χ2v) is 9.56. The quantitative estimate of drug-likeness (QED) is 0.199. The van der Waals surface area contributed by atoms with Crippen LogP contribution in [0.3, 0.4) is 0 Å². The number of benzene rings is 5. The summed E-state index contributed by atoms with van der Waals surface area (Å²) in [6, 6.07) is 42.3. The van der Waals surface area contributed by atoms with Gasteiger partial charge in [-0.15, -0.1) is 0 Å². The molecule has 0 bridgehead atoms. The van der Waals surface area contributed by atoms with Gasteiger partial charge < -0.3 is 4.90 Å². The number of halogens is 3. The highest BCUT2D eigenvalue weighted by molar-refractivity contribution is 6.33. The van der Waals surface area contributed by atoms with Gasteiger partial charge in [-0.05, 0) is 89.0 Å². The minimum atomic E-state index is 0.657. The molecule has 0 saturated heterocycles. The van der Waals surface area contributed by atoms with E-state index in [-0.39, 0.29) is 0 Å². The summed E-state index contributed by atoms with van der Waals surface area (Å²) in [6.45, 7) is 0. The Morgan fingerprint density at radius 2 is 0.944 bits per heavy atom. The van der Waals surface area contributed by atoms with Crippen molar-refractivity contribution in [2.45, 2.75) is 0 Å². The third-order valence-electron chi connectivity index (χ3n) is 5.88. The summed E-state index contributed by atoms with van der Waals surface area (Å²) in [5.41, 5.74) is 7.18. The molecule has 5 rings (SSSR count). The third kappa shape index (κ3) is 5.50. The predicted molar refractivity (Wildman–Crippen MR) is 156 cm³/mol. The second-order valence-electron chi connectivity index (χ2n) is 8.28. The van der Waals surface area contributed by atoms with E-state index in [9.17, 15) is 0 Å². The van der Waals surface area contributed by atoms with Crippen LogP contribution in [0.15, 0.2) is 127 Å². The summed E-state index contributed by atoms with van der Waals surface area (Å²) < 4.78 is 0. The Morgan fingerprint density at radius 1 is 0.500 bits per heavy atom. The average Bonchev–Trinajstić information content (AvgIpc) is 2.91. The zero-order valence-corrected chi connectivity index (χ0v) is 21.6. The van der Waals surface area contributed by atoms with Gasteiger partial charge in [0.1, 0.15) is 0 Å². The highest BCUT2D eigenvalue weighted by Crippen LogP contribution is 2.38. The predicted octanol–water partition coefficient (Wildman–Crippen LogP) is 10.7. The first-order valence-electron chi connectivity index (χ1n) is 11.5. The van der Waals surface area contributed by atoms with Crippen molar-refractivity contribution in [1.29, 1.82) is 0 Å². The summed E-state index contributed by atoms with van der Waals surface area (Å²) in [5.74, 6) is 0. The molecule has 5 aromatic rings. The Balaban J connectivity index is 1.59. The second kappa shape index (κ2) is 11.1. The molecule has 0 fully saturated rings. The average molecular weight is 527 g/mol. The zero-order chi connectivity index (χ0) is 24.9. The van der Waals surface area contributed by atoms with Crippen LogP contribution in [0.1, 0.15) is 16.7 Å². The molecule has 0 N–H and O–H groups in total. The van der Waals surface area contributed by atoms with Gasteiger partial charge in [0.2, 0.25) is 0 Å². The molecule has 5 aromatic carbocycles. The van der Waals surface area contributed by atoms with E-state index in [0.717, 1.165) is 39.3 Å². The molecule has 0 aliphatic rings. The third-order valence-corrected chi connectivity index (χ3v) is 6.71. The van der Waals surface area contributed by atoms with Gasteiger partial charge >= 0.3 is 0 Å². The Kier molecular flexibility index (Phi) is 7.44. The molecule has 0 atom stereocenters. The van der Waals surface area contributed by atoms with Crippen LogP contribution in [-0.4, -0.2) is 0 Å². The van der Waals surface area contributed by atoms with E-state index in [1.807, 2.05) is 91.0 Å². The van der Waals surface area contributed by atoms with Crippen molar-refractivity contribution in [2.75, 3.05) is 4.90 Å². The molecule has 0 unspecified atom stereocenters. The number of nitrogens with zero attached hydrogens (tertiary/aromatic N) is 1. The molecule has 4 heteroatoms. The summed E-state index contributed by atoms with van der Waals surface area (Å²) in [4.78, 5) is 2.13. The minimum absolute atomic E-state index is 0.657. The molecular weight excluding hydrogens is 505 g/mol. The lowest BCUT2D eigenvalue weighted by atomic mass is 9.95. The van der Waals surface area contributed by atoms with E-state index in [2.05, 4.69) is 47.4 Å². The standard InChI is InChI=1S/C32H22Cl3N/c33-26-12-17-28(18-13-26)36(29-19-14-27(34)15-20-29)30-16-11-25(32(35)22-30)21-31(23-7-3-1-4-8-23)24-9-5-2-6-10-24/h1-22H. The van der Waals surface area contributed by atoms with E-state index >= 15 is 0 Å². The first-order valence-corrected chi connectivity index (χ1v) is 12.7. The molecule has 1 nitrogen and oxygen atoms in total. The van der Waals surface area contributed by atoms with Crippen molar-refractivity contribution in [2.24, 2.45) is 0 Å². The summed E-state index contributed by atoms with van der Waals surface area (Å²) in [5, 5.41) is 2.02. The normalized spacial score (nSPS) is 10.6. The van der Waals surface area contributed by atoms with Crippen molar-refractivity contribution in [3.63, 3.8) is 0 Å². The largest absolute Gasteiger partial charge is 0.310 e. The summed E-state index contributed by atoms with van der Waals surface area (Å²) in [6.07, 6.45) is 2.14. The van der Waals surface area contributed by atoms with Gasteiger partial charge in [0.25, 0.3) is 0 Å². The van der Waals surface area contributed by atoms with Gasteiger partial charge in [-0.2, -0.15) is 0 Å². The van der Waals surface area contributed by atoms with Crippen LogP contribution in [0, 0.1) is 0 Å². The van der Waals surface area contributed by atoms with Crippen LogP contribution in [0.4, 0.5) is 17.1 Å². The molecule has 0 saturated carbocycles. The van der Waals surface area contributed by atoms with Gasteiger partial charge in [0.05, 0.1) is 0 Å². The van der Waals surface area contributed by atoms with Crippen molar-refractivity contribution in [1.82, 2.24) is 0 Å². The molecule has 0 aliphatic carbocycles. The van der Waals surface area contributed by atoms with E-state index in [4.69, 9.17) is 34.8 Å².